The van der Waals surface area contributed by atoms with E-state index in [0.717, 1.165) is 0 Å². The third kappa shape index (κ3) is 2.31. The maximum atomic E-state index is 14.0. The van der Waals surface area contributed by atoms with Gasteiger partial charge >= 0.3 is 12.1 Å². The van der Waals surface area contributed by atoms with E-state index in [4.69, 9.17) is 0 Å². The fourth-order valence-corrected chi connectivity index (χ4v) is 3.12. The van der Waals surface area contributed by atoms with Gasteiger partial charge in [0.1, 0.15) is 12.3 Å². The summed E-state index contributed by atoms with van der Waals surface area (Å²) in [6.45, 7) is 0. The minimum atomic E-state index is -5.27. The molecule has 1 aromatic heterocycles. The Morgan fingerprint density at radius 2 is 1.71 bits per heavy atom. The minimum absolute atomic E-state index is 0.209. The van der Waals surface area contributed by atoms with E-state index in [1.165, 1.54) is 0 Å². The van der Waals surface area contributed by atoms with Gasteiger partial charge in [-0.3, -0.25) is 9.48 Å². The topological polar surface area (TPSA) is 34.9 Å². The first-order valence-corrected chi connectivity index (χ1v) is 7.00. The summed E-state index contributed by atoms with van der Waals surface area (Å²) in [6, 6.07) is -1.24. The second-order valence-corrected chi connectivity index (χ2v) is 5.86. The third-order valence-corrected chi connectivity index (χ3v) is 4.32. The Kier molecular flexibility index (Phi) is 3.69. The van der Waals surface area contributed by atoms with Gasteiger partial charge in [-0.1, -0.05) is 0 Å². The predicted octanol–water partition coefficient (Wildman–Crippen LogP) is 4.15. The normalized spacial score (nSPS) is 32.9. The van der Waals surface area contributed by atoms with Crippen LogP contribution < -0.4 is 0 Å². The molecule has 0 radical (unpaired) electrons. The molecule has 1 saturated carbocycles. The van der Waals surface area contributed by atoms with E-state index in [1.807, 2.05) is 0 Å². The van der Waals surface area contributed by atoms with E-state index < -0.39 is 65.8 Å². The lowest BCUT2D eigenvalue weighted by Crippen LogP contribution is -2.32. The predicted molar refractivity (Wildman–Crippen MR) is 63.0 cm³/mol. The highest BCUT2D eigenvalue weighted by Crippen LogP contribution is 2.51. The van der Waals surface area contributed by atoms with E-state index >= 15 is 0 Å². The van der Waals surface area contributed by atoms with Gasteiger partial charge in [0.2, 0.25) is 12.0 Å². The van der Waals surface area contributed by atoms with Crippen LogP contribution in [0.3, 0.4) is 0 Å². The molecule has 0 amide bonds. The molecule has 11 heteroatoms. The number of Topliss-reactive ketones (excluding diaryl/α,β-unsaturated/α-hetero) is 1. The van der Waals surface area contributed by atoms with Gasteiger partial charge in [0.05, 0.1) is 17.3 Å². The third-order valence-electron chi connectivity index (χ3n) is 4.32. The van der Waals surface area contributed by atoms with Crippen molar-refractivity contribution in [2.24, 2.45) is 0 Å². The van der Waals surface area contributed by atoms with Crippen molar-refractivity contribution in [3.05, 3.63) is 17.0 Å². The summed E-state index contributed by atoms with van der Waals surface area (Å²) in [5.41, 5.74) is -4.68. The van der Waals surface area contributed by atoms with Gasteiger partial charge in [0, 0.05) is 6.42 Å². The van der Waals surface area contributed by atoms with E-state index in [1.54, 1.807) is 0 Å². The highest BCUT2D eigenvalue weighted by atomic mass is 19.4. The Balaban J connectivity index is 2.13. The van der Waals surface area contributed by atoms with Gasteiger partial charge in [-0.15, -0.1) is 0 Å². The van der Waals surface area contributed by atoms with Crippen LogP contribution in [0.2, 0.25) is 0 Å². The Bertz CT molecular complexity index is 682. The number of halogens is 8. The van der Waals surface area contributed by atoms with E-state index in [0.29, 0.717) is 4.68 Å². The second kappa shape index (κ2) is 5.16. The summed E-state index contributed by atoms with van der Waals surface area (Å²) in [4.78, 5) is 11.5. The lowest BCUT2D eigenvalue weighted by Gasteiger charge is -2.29. The zero-order valence-electron chi connectivity index (χ0n) is 11.8. The average molecular weight is 362 g/mol. The van der Waals surface area contributed by atoms with Crippen LogP contribution in [0.1, 0.15) is 53.2 Å². The maximum Gasteiger partial charge on any atom is 0.435 e. The van der Waals surface area contributed by atoms with Crippen molar-refractivity contribution in [2.75, 3.05) is 0 Å². The van der Waals surface area contributed by atoms with Crippen molar-refractivity contribution in [3.63, 3.8) is 0 Å². The van der Waals surface area contributed by atoms with E-state index in [9.17, 15) is 39.9 Å². The number of carbonyl (C=O) groups excluding carboxylic acids is 1. The number of carbonyl (C=O) groups is 1. The molecule has 24 heavy (non-hydrogen) atoms. The molecular weight excluding hydrogens is 352 g/mol. The van der Waals surface area contributed by atoms with E-state index in [-0.39, 0.29) is 12.8 Å². The van der Waals surface area contributed by atoms with Crippen LogP contribution in [-0.2, 0) is 6.18 Å². The molecule has 3 rings (SSSR count). The van der Waals surface area contributed by atoms with Crippen LogP contribution in [0.4, 0.5) is 35.1 Å². The van der Waals surface area contributed by atoms with Crippen molar-refractivity contribution >= 4 is 5.78 Å². The molecular formula is C13H10F8N2O. The molecule has 2 aliphatic carbocycles. The Morgan fingerprint density at radius 3 is 2.25 bits per heavy atom. The van der Waals surface area contributed by atoms with Crippen LogP contribution in [-0.4, -0.2) is 33.8 Å². The van der Waals surface area contributed by atoms with Gasteiger partial charge in [-0.2, -0.15) is 27.1 Å². The van der Waals surface area contributed by atoms with Crippen LogP contribution >= 0.6 is 0 Å². The highest BCUT2D eigenvalue weighted by Gasteiger charge is 2.62. The molecule has 0 N–H and O–H groups in total. The van der Waals surface area contributed by atoms with Gasteiger partial charge in [-0.25, -0.2) is 13.2 Å². The first-order valence-electron chi connectivity index (χ1n) is 7.00. The van der Waals surface area contributed by atoms with Gasteiger partial charge < -0.3 is 0 Å². The molecule has 3 nitrogen and oxygen atoms in total. The standard InChI is InChI=1S/C13H10F8N2O/c14-5-2-1-4(3-6(5)15)23-8-7(10(22-23)13(19,20)21)11(24)12(17,18)9(8)16/h4-6,9H,1-3H2/t4-,5-,6+,9-/m0/s1. The number of nitrogens with zero attached hydrogens (tertiary/aromatic N) is 2. The summed E-state index contributed by atoms with van der Waals surface area (Å²) in [5, 5.41) is 3.06. The largest absolute Gasteiger partial charge is 0.435 e. The zero-order chi connectivity index (χ0) is 18.0. The number of ketones is 1. The second-order valence-electron chi connectivity index (χ2n) is 5.86. The monoisotopic (exact) mass is 362 g/mol. The van der Waals surface area contributed by atoms with Gasteiger partial charge in [0.15, 0.2) is 5.69 Å². The first-order chi connectivity index (χ1) is 11.0. The lowest BCUT2D eigenvalue weighted by atomic mass is 9.92. The van der Waals surface area contributed by atoms with Crippen molar-refractivity contribution in [3.8, 4) is 0 Å². The Hall–Kier alpha value is -1.68. The fourth-order valence-electron chi connectivity index (χ4n) is 3.12. The van der Waals surface area contributed by atoms with Crippen LogP contribution in [0.5, 0.6) is 0 Å². The highest BCUT2D eigenvalue weighted by molar-refractivity contribution is 6.07. The Labute approximate surface area is 129 Å². The van der Waals surface area contributed by atoms with Crippen LogP contribution in [0.25, 0.3) is 0 Å². The number of hydrogen-bond donors (Lipinski definition) is 0. The molecule has 1 fully saturated rings. The first kappa shape index (κ1) is 17.2. The minimum Gasteiger partial charge on any atom is -0.287 e. The SMILES string of the molecule is O=C1c2c(C(F)(F)F)nn([C@H]3CC[C@H](F)[C@H](F)C3)c2[C@H](F)C1(F)F. The van der Waals surface area contributed by atoms with E-state index in [2.05, 4.69) is 5.10 Å². The molecule has 4 atom stereocenters. The molecule has 0 spiro atoms. The van der Waals surface area contributed by atoms with Crippen molar-refractivity contribution < 1.29 is 39.9 Å². The summed E-state index contributed by atoms with van der Waals surface area (Å²) in [5.74, 6) is -6.96. The maximum absolute atomic E-state index is 14.0. The summed E-state index contributed by atoms with van der Waals surface area (Å²) >= 11 is 0. The molecule has 1 heterocycles. The summed E-state index contributed by atoms with van der Waals surface area (Å²) in [7, 11) is 0. The fraction of sp³-hybridized carbons (Fsp3) is 0.692. The van der Waals surface area contributed by atoms with Crippen LogP contribution in [0.15, 0.2) is 0 Å². The molecule has 0 saturated heterocycles. The molecule has 2 aliphatic rings. The quantitative estimate of drug-likeness (QED) is 0.704. The molecule has 0 bridgehead atoms. The number of hydrogen-bond acceptors (Lipinski definition) is 2. The van der Waals surface area contributed by atoms with Gasteiger partial charge in [0.25, 0.3) is 0 Å². The van der Waals surface area contributed by atoms with Gasteiger partial charge in [-0.05, 0) is 12.8 Å². The average Bonchev–Trinajstić information content (AvgIpc) is 2.94. The molecule has 134 valence electrons. The number of aromatic nitrogens is 2. The summed E-state index contributed by atoms with van der Waals surface area (Å²) < 4.78 is 107. The molecule has 0 aliphatic heterocycles. The summed E-state index contributed by atoms with van der Waals surface area (Å²) in [6.07, 6.45) is -13.7. The number of rotatable bonds is 1. The van der Waals surface area contributed by atoms with Crippen molar-refractivity contribution in [2.45, 2.75) is 55.9 Å². The number of fused-ring (bicyclic) bond motifs is 1. The molecule has 0 unspecified atom stereocenters. The number of alkyl halides is 8. The Morgan fingerprint density at radius 1 is 1.08 bits per heavy atom. The zero-order valence-corrected chi connectivity index (χ0v) is 11.8. The molecule has 1 aromatic rings. The molecule has 0 aromatic carbocycles. The van der Waals surface area contributed by atoms with Crippen LogP contribution in [0, 0.1) is 0 Å². The van der Waals surface area contributed by atoms with Crippen molar-refractivity contribution in [1.82, 2.24) is 9.78 Å². The lowest BCUT2D eigenvalue weighted by molar-refractivity contribution is -0.142. The smallest absolute Gasteiger partial charge is 0.287 e. The van der Waals surface area contributed by atoms with Crippen molar-refractivity contribution in [1.29, 1.82) is 0 Å².